The molecule has 1 aromatic carbocycles. The number of nitrogens with zero attached hydrogens (tertiary/aromatic N) is 1. The second-order valence-electron chi connectivity index (χ2n) is 5.57. The first-order chi connectivity index (χ1) is 9.91. The number of aryl methyl sites for hydroxylation is 1. The number of nitrogens with one attached hydrogen (secondary N) is 1. The van der Waals surface area contributed by atoms with Gasteiger partial charge in [0, 0.05) is 6.54 Å². The van der Waals surface area contributed by atoms with Gasteiger partial charge in [0.05, 0.1) is 6.54 Å². The number of amides is 2. The molecule has 1 aliphatic rings. The number of rotatable bonds is 4. The lowest BCUT2D eigenvalue weighted by Crippen LogP contribution is -2.65. The van der Waals surface area contributed by atoms with Gasteiger partial charge in [0.2, 0.25) is 11.8 Å². The van der Waals surface area contributed by atoms with Crippen LogP contribution < -0.4 is 5.32 Å². The van der Waals surface area contributed by atoms with Gasteiger partial charge in [0.1, 0.15) is 11.4 Å². The highest BCUT2D eigenvalue weighted by Crippen LogP contribution is 2.24. The molecule has 21 heavy (non-hydrogen) atoms. The SMILES string of the molecule is CCC1(CC)NC(=O)CN(Cc2cc(F)ccc2C)C1=O. The largest absolute Gasteiger partial charge is 0.340 e. The van der Waals surface area contributed by atoms with E-state index in [1.807, 2.05) is 20.8 Å². The van der Waals surface area contributed by atoms with Crippen LogP contribution in [0.25, 0.3) is 0 Å². The molecule has 114 valence electrons. The third kappa shape index (κ3) is 2.91. The third-order valence-electron chi connectivity index (χ3n) is 4.29. The van der Waals surface area contributed by atoms with E-state index in [1.165, 1.54) is 17.0 Å². The standard InChI is InChI=1S/C16H21FN2O2/c1-4-16(5-2)15(21)19(10-14(20)18-16)9-12-8-13(17)7-6-11(12)3/h6-8H,4-5,9-10H2,1-3H3,(H,18,20). The second kappa shape index (κ2) is 5.84. The van der Waals surface area contributed by atoms with Crippen molar-refractivity contribution in [1.29, 1.82) is 0 Å². The predicted octanol–water partition coefficient (Wildman–Crippen LogP) is 2.15. The molecular weight excluding hydrogens is 271 g/mol. The number of hydrogen-bond donors (Lipinski definition) is 1. The molecule has 0 bridgehead atoms. The van der Waals surface area contributed by atoms with E-state index in [0.29, 0.717) is 12.8 Å². The molecule has 0 aliphatic carbocycles. The number of benzene rings is 1. The molecule has 1 heterocycles. The van der Waals surface area contributed by atoms with Crippen molar-refractivity contribution in [2.24, 2.45) is 0 Å². The molecule has 0 unspecified atom stereocenters. The number of piperazine rings is 1. The molecule has 0 aromatic heterocycles. The van der Waals surface area contributed by atoms with Gasteiger partial charge >= 0.3 is 0 Å². The van der Waals surface area contributed by atoms with Crippen LogP contribution in [0.2, 0.25) is 0 Å². The molecule has 1 aromatic rings. The zero-order valence-electron chi connectivity index (χ0n) is 12.7. The first-order valence-electron chi connectivity index (χ1n) is 7.27. The van der Waals surface area contributed by atoms with E-state index >= 15 is 0 Å². The van der Waals surface area contributed by atoms with Crippen LogP contribution in [0, 0.1) is 12.7 Å². The van der Waals surface area contributed by atoms with Crippen molar-refractivity contribution in [2.45, 2.75) is 45.7 Å². The summed E-state index contributed by atoms with van der Waals surface area (Å²) in [5, 5.41) is 2.82. The van der Waals surface area contributed by atoms with Crippen molar-refractivity contribution in [3.05, 3.63) is 35.1 Å². The van der Waals surface area contributed by atoms with E-state index in [0.717, 1.165) is 11.1 Å². The van der Waals surface area contributed by atoms with Crippen LogP contribution in [0.1, 0.15) is 37.8 Å². The fourth-order valence-electron chi connectivity index (χ4n) is 2.78. The maximum atomic E-state index is 13.4. The van der Waals surface area contributed by atoms with E-state index in [9.17, 15) is 14.0 Å². The molecule has 0 atom stereocenters. The van der Waals surface area contributed by atoms with Crippen LogP contribution in [0.15, 0.2) is 18.2 Å². The average Bonchev–Trinajstić information content (AvgIpc) is 2.46. The Kier molecular flexibility index (Phi) is 4.30. The first-order valence-corrected chi connectivity index (χ1v) is 7.27. The third-order valence-corrected chi connectivity index (χ3v) is 4.29. The van der Waals surface area contributed by atoms with E-state index in [4.69, 9.17) is 0 Å². The van der Waals surface area contributed by atoms with Crippen LogP contribution in [0.3, 0.4) is 0 Å². The molecular formula is C16H21FN2O2. The molecule has 4 nitrogen and oxygen atoms in total. The quantitative estimate of drug-likeness (QED) is 0.924. The highest BCUT2D eigenvalue weighted by molar-refractivity contribution is 5.97. The second-order valence-corrected chi connectivity index (χ2v) is 5.57. The number of halogens is 1. The van der Waals surface area contributed by atoms with Crippen molar-refractivity contribution < 1.29 is 14.0 Å². The Bertz CT molecular complexity index is 567. The summed E-state index contributed by atoms with van der Waals surface area (Å²) in [6, 6.07) is 4.51. The molecule has 1 fully saturated rings. The summed E-state index contributed by atoms with van der Waals surface area (Å²) in [5.74, 6) is -0.579. The Labute approximate surface area is 124 Å². The van der Waals surface area contributed by atoms with Gasteiger partial charge in [-0.15, -0.1) is 0 Å². The lowest BCUT2D eigenvalue weighted by Gasteiger charge is -2.41. The average molecular weight is 292 g/mol. The van der Waals surface area contributed by atoms with Gasteiger partial charge in [-0.25, -0.2) is 4.39 Å². The van der Waals surface area contributed by atoms with Crippen molar-refractivity contribution in [2.75, 3.05) is 6.54 Å². The minimum Gasteiger partial charge on any atom is -0.340 e. The monoisotopic (exact) mass is 292 g/mol. The summed E-state index contributed by atoms with van der Waals surface area (Å²) in [6.45, 7) is 5.93. The minimum absolute atomic E-state index is 0.0243. The molecule has 1 aliphatic heterocycles. The van der Waals surface area contributed by atoms with Crippen LogP contribution in [-0.2, 0) is 16.1 Å². The molecule has 1 N–H and O–H groups in total. The zero-order valence-corrected chi connectivity index (χ0v) is 12.7. The molecule has 0 saturated carbocycles. The summed E-state index contributed by atoms with van der Waals surface area (Å²) in [7, 11) is 0. The van der Waals surface area contributed by atoms with Crippen molar-refractivity contribution >= 4 is 11.8 Å². The van der Waals surface area contributed by atoms with Gasteiger partial charge in [-0.2, -0.15) is 0 Å². The summed E-state index contributed by atoms with van der Waals surface area (Å²) in [6.07, 6.45) is 1.10. The summed E-state index contributed by atoms with van der Waals surface area (Å²) in [4.78, 5) is 26.1. The maximum absolute atomic E-state index is 13.4. The van der Waals surface area contributed by atoms with Gasteiger partial charge in [-0.3, -0.25) is 9.59 Å². The smallest absolute Gasteiger partial charge is 0.249 e. The highest BCUT2D eigenvalue weighted by atomic mass is 19.1. The molecule has 2 amide bonds. The van der Waals surface area contributed by atoms with Crippen molar-refractivity contribution in [1.82, 2.24) is 10.2 Å². The van der Waals surface area contributed by atoms with Gasteiger partial charge in [-0.1, -0.05) is 19.9 Å². The lowest BCUT2D eigenvalue weighted by atomic mass is 9.88. The number of carbonyl (C=O) groups excluding carboxylic acids is 2. The Morgan fingerprint density at radius 1 is 1.29 bits per heavy atom. The van der Waals surface area contributed by atoms with Crippen LogP contribution in [0.4, 0.5) is 4.39 Å². The highest BCUT2D eigenvalue weighted by Gasteiger charge is 2.43. The van der Waals surface area contributed by atoms with Crippen molar-refractivity contribution in [3.8, 4) is 0 Å². The van der Waals surface area contributed by atoms with Gasteiger partial charge in [0.15, 0.2) is 0 Å². The Morgan fingerprint density at radius 2 is 1.95 bits per heavy atom. The Balaban J connectivity index is 2.28. The predicted molar refractivity (Wildman–Crippen MR) is 78.0 cm³/mol. The van der Waals surface area contributed by atoms with Gasteiger partial charge in [0.25, 0.3) is 0 Å². The Hall–Kier alpha value is -1.91. The Morgan fingerprint density at radius 3 is 2.57 bits per heavy atom. The fraction of sp³-hybridized carbons (Fsp3) is 0.500. The topological polar surface area (TPSA) is 49.4 Å². The van der Waals surface area contributed by atoms with Crippen LogP contribution in [-0.4, -0.2) is 28.8 Å². The minimum atomic E-state index is -0.823. The number of carbonyl (C=O) groups is 2. The first kappa shape index (κ1) is 15.5. The normalized spacial score (nSPS) is 17.8. The molecule has 5 heteroatoms. The molecule has 0 spiro atoms. The van der Waals surface area contributed by atoms with E-state index in [1.54, 1.807) is 6.07 Å². The summed E-state index contributed by atoms with van der Waals surface area (Å²) >= 11 is 0. The maximum Gasteiger partial charge on any atom is 0.249 e. The molecule has 0 radical (unpaired) electrons. The zero-order chi connectivity index (χ0) is 15.6. The molecule has 2 rings (SSSR count). The summed E-state index contributed by atoms with van der Waals surface area (Å²) in [5.41, 5.74) is 0.823. The van der Waals surface area contributed by atoms with Crippen LogP contribution in [0.5, 0.6) is 0 Å². The molecule has 1 saturated heterocycles. The van der Waals surface area contributed by atoms with E-state index in [-0.39, 0.29) is 30.7 Å². The van der Waals surface area contributed by atoms with Gasteiger partial charge in [-0.05, 0) is 43.0 Å². The number of hydrogen-bond acceptors (Lipinski definition) is 2. The van der Waals surface area contributed by atoms with E-state index in [2.05, 4.69) is 5.32 Å². The van der Waals surface area contributed by atoms with Crippen LogP contribution >= 0.6 is 0 Å². The van der Waals surface area contributed by atoms with E-state index < -0.39 is 5.54 Å². The van der Waals surface area contributed by atoms with Crippen molar-refractivity contribution in [3.63, 3.8) is 0 Å². The lowest BCUT2D eigenvalue weighted by molar-refractivity contribution is -0.151. The van der Waals surface area contributed by atoms with Gasteiger partial charge < -0.3 is 10.2 Å². The fourth-order valence-corrected chi connectivity index (χ4v) is 2.78. The summed E-state index contributed by atoms with van der Waals surface area (Å²) < 4.78 is 13.4.